The molecule has 1 rings (SSSR count). The van der Waals surface area contributed by atoms with Gasteiger partial charge in [-0.3, -0.25) is 4.79 Å². The van der Waals surface area contributed by atoms with Crippen molar-refractivity contribution in [2.75, 3.05) is 0 Å². The Bertz CT molecular complexity index is 365. The van der Waals surface area contributed by atoms with Crippen LogP contribution in [0.4, 0.5) is 0 Å². The van der Waals surface area contributed by atoms with Gasteiger partial charge < -0.3 is 0 Å². The summed E-state index contributed by atoms with van der Waals surface area (Å²) in [5.41, 5.74) is 1.83. The van der Waals surface area contributed by atoms with E-state index in [1.165, 1.54) is 0 Å². The molecule has 3 heteroatoms. The van der Waals surface area contributed by atoms with E-state index >= 15 is 0 Å². The van der Waals surface area contributed by atoms with Crippen LogP contribution in [0.3, 0.4) is 0 Å². The summed E-state index contributed by atoms with van der Waals surface area (Å²) < 4.78 is -0.0697. The summed E-state index contributed by atoms with van der Waals surface area (Å²) in [5, 5.41) is -0.414. The maximum atomic E-state index is 11.8. The summed E-state index contributed by atoms with van der Waals surface area (Å²) in [5.74, 6) is 0.00287. The number of halogens is 2. The average Bonchev–Trinajstić information content (AvgIpc) is 2.26. The molecule has 0 amide bonds. The van der Waals surface area contributed by atoms with Gasteiger partial charge in [0.1, 0.15) is 0 Å². The zero-order valence-electron chi connectivity index (χ0n) is 9.76. The highest BCUT2D eigenvalue weighted by atomic mass is 79.9. The fourth-order valence-electron chi connectivity index (χ4n) is 1.40. The normalized spacial score (nSPS) is 13.6. The molecular weight excluding hydrogens is 287 g/mol. The van der Waals surface area contributed by atoms with E-state index in [-0.39, 0.29) is 10.1 Å². The molecule has 0 saturated carbocycles. The number of rotatable bonds is 4. The highest BCUT2D eigenvalue weighted by molar-refractivity contribution is 9.09. The lowest BCUT2D eigenvalue weighted by Crippen LogP contribution is -2.14. The van der Waals surface area contributed by atoms with Gasteiger partial charge in [-0.25, -0.2) is 0 Å². The molecule has 0 heterocycles. The first-order chi connectivity index (χ1) is 7.36. The Morgan fingerprint density at radius 1 is 1.38 bits per heavy atom. The fraction of sp³-hybridized carbons (Fsp3) is 0.462. The van der Waals surface area contributed by atoms with Crippen molar-refractivity contribution >= 4 is 33.3 Å². The smallest absolute Gasteiger partial charge is 0.180 e. The van der Waals surface area contributed by atoms with E-state index < -0.39 is 5.38 Å². The van der Waals surface area contributed by atoms with Crippen molar-refractivity contribution in [2.45, 2.75) is 36.9 Å². The number of Topliss-reactive ketones (excluding diaryl/α,β-unsaturated/α-hetero) is 1. The molecule has 0 fully saturated rings. The lowest BCUT2D eigenvalue weighted by molar-refractivity contribution is 0.0985. The molecule has 1 aromatic carbocycles. The lowest BCUT2D eigenvalue weighted by Gasteiger charge is -2.17. The molecule has 1 nitrogen and oxygen atoms in total. The van der Waals surface area contributed by atoms with Gasteiger partial charge in [0.25, 0.3) is 0 Å². The average molecular weight is 304 g/mol. The number of carbonyl (C=O) groups excluding carboxylic acids is 1. The zero-order chi connectivity index (χ0) is 12.3. The Labute approximate surface area is 110 Å². The summed E-state index contributed by atoms with van der Waals surface area (Å²) in [6.45, 7) is 6.05. The molecule has 0 spiro atoms. The van der Waals surface area contributed by atoms with Crippen LogP contribution < -0.4 is 0 Å². The Hall–Kier alpha value is -0.340. The first-order valence-electron chi connectivity index (χ1n) is 5.34. The monoisotopic (exact) mass is 302 g/mol. The largest absolute Gasteiger partial charge is 0.293 e. The molecule has 1 atom stereocenters. The van der Waals surface area contributed by atoms with Gasteiger partial charge >= 0.3 is 0 Å². The number of ketones is 1. The SMILES string of the molecule is CCC(Cl)C(=O)c1ccc(C(C)(C)Br)cc1. The van der Waals surface area contributed by atoms with Crippen molar-refractivity contribution in [3.05, 3.63) is 35.4 Å². The van der Waals surface area contributed by atoms with Crippen LogP contribution in [-0.4, -0.2) is 11.2 Å². The van der Waals surface area contributed by atoms with Gasteiger partial charge in [0.15, 0.2) is 5.78 Å². The molecule has 0 aliphatic heterocycles. The van der Waals surface area contributed by atoms with Crippen LogP contribution >= 0.6 is 27.5 Å². The summed E-state index contributed by atoms with van der Waals surface area (Å²) in [7, 11) is 0. The predicted molar refractivity (Wildman–Crippen MR) is 72.7 cm³/mol. The molecule has 0 aromatic heterocycles. The van der Waals surface area contributed by atoms with E-state index in [0.717, 1.165) is 5.56 Å². The van der Waals surface area contributed by atoms with Gasteiger partial charge in [-0.05, 0) is 25.8 Å². The van der Waals surface area contributed by atoms with Crippen molar-refractivity contribution in [1.82, 2.24) is 0 Å². The topological polar surface area (TPSA) is 17.1 Å². The van der Waals surface area contributed by atoms with Crippen molar-refractivity contribution in [1.29, 1.82) is 0 Å². The Balaban J connectivity index is 2.91. The fourth-order valence-corrected chi connectivity index (χ4v) is 1.79. The minimum atomic E-state index is -0.414. The van der Waals surface area contributed by atoms with Crippen LogP contribution in [0.15, 0.2) is 24.3 Å². The summed E-state index contributed by atoms with van der Waals surface area (Å²) in [4.78, 5) is 11.8. The minimum absolute atomic E-state index is 0.00287. The van der Waals surface area contributed by atoms with Crippen LogP contribution in [0.2, 0.25) is 0 Å². The van der Waals surface area contributed by atoms with Gasteiger partial charge in [0.2, 0.25) is 0 Å². The lowest BCUT2D eigenvalue weighted by atomic mass is 9.99. The van der Waals surface area contributed by atoms with Gasteiger partial charge in [-0.1, -0.05) is 47.1 Å². The van der Waals surface area contributed by atoms with Crippen LogP contribution in [0, 0.1) is 0 Å². The molecule has 0 aliphatic carbocycles. The molecule has 1 unspecified atom stereocenters. The van der Waals surface area contributed by atoms with Gasteiger partial charge in [0.05, 0.1) is 5.38 Å². The number of hydrogen-bond acceptors (Lipinski definition) is 1. The number of hydrogen-bond donors (Lipinski definition) is 0. The molecule has 0 aliphatic rings. The highest BCUT2D eigenvalue weighted by Gasteiger charge is 2.18. The molecule has 0 saturated heterocycles. The second-order valence-corrected chi connectivity index (χ2v) is 6.80. The first kappa shape index (κ1) is 13.7. The summed E-state index contributed by atoms with van der Waals surface area (Å²) in [6, 6.07) is 7.60. The molecule has 0 bridgehead atoms. The minimum Gasteiger partial charge on any atom is -0.293 e. The third-order valence-electron chi connectivity index (χ3n) is 2.50. The van der Waals surface area contributed by atoms with Crippen molar-refractivity contribution < 1.29 is 4.79 Å². The maximum absolute atomic E-state index is 11.8. The molecule has 0 N–H and O–H groups in total. The maximum Gasteiger partial charge on any atom is 0.180 e. The Kier molecular flexibility index (Phi) is 4.57. The summed E-state index contributed by atoms with van der Waals surface area (Å²) in [6.07, 6.45) is 0.659. The van der Waals surface area contributed by atoms with E-state index in [2.05, 4.69) is 29.8 Å². The van der Waals surface area contributed by atoms with Gasteiger partial charge in [0, 0.05) is 9.89 Å². The second kappa shape index (κ2) is 5.33. The standard InChI is InChI=1S/C13H16BrClO/c1-4-11(15)12(16)9-5-7-10(8-6-9)13(2,3)14/h5-8,11H,4H2,1-3H3. The number of alkyl halides is 2. The van der Waals surface area contributed by atoms with Crippen LogP contribution in [0.25, 0.3) is 0 Å². The Morgan fingerprint density at radius 2 is 1.88 bits per heavy atom. The molecule has 0 radical (unpaired) electrons. The van der Waals surface area contributed by atoms with Crippen molar-refractivity contribution in [3.8, 4) is 0 Å². The van der Waals surface area contributed by atoms with E-state index in [9.17, 15) is 4.79 Å². The third-order valence-corrected chi connectivity index (χ3v) is 3.46. The molecular formula is C13H16BrClO. The van der Waals surface area contributed by atoms with Crippen molar-refractivity contribution in [3.63, 3.8) is 0 Å². The van der Waals surface area contributed by atoms with E-state index in [4.69, 9.17) is 11.6 Å². The predicted octanol–water partition coefficient (Wildman–Crippen LogP) is 4.52. The third kappa shape index (κ3) is 3.33. The number of benzene rings is 1. The van der Waals surface area contributed by atoms with Crippen LogP contribution in [-0.2, 0) is 4.32 Å². The summed E-state index contributed by atoms with van der Waals surface area (Å²) >= 11 is 9.50. The highest BCUT2D eigenvalue weighted by Crippen LogP contribution is 2.30. The molecule has 88 valence electrons. The molecule has 1 aromatic rings. The van der Waals surface area contributed by atoms with Crippen LogP contribution in [0.5, 0.6) is 0 Å². The quantitative estimate of drug-likeness (QED) is 0.590. The van der Waals surface area contributed by atoms with Gasteiger partial charge in [-0.2, -0.15) is 0 Å². The number of carbonyl (C=O) groups is 1. The second-order valence-electron chi connectivity index (χ2n) is 4.29. The van der Waals surface area contributed by atoms with Crippen molar-refractivity contribution in [2.24, 2.45) is 0 Å². The van der Waals surface area contributed by atoms with Crippen LogP contribution in [0.1, 0.15) is 43.1 Å². The van der Waals surface area contributed by atoms with E-state index in [1.807, 2.05) is 31.2 Å². The van der Waals surface area contributed by atoms with Gasteiger partial charge in [-0.15, -0.1) is 11.6 Å². The Morgan fingerprint density at radius 3 is 2.25 bits per heavy atom. The zero-order valence-corrected chi connectivity index (χ0v) is 12.1. The van der Waals surface area contributed by atoms with E-state index in [0.29, 0.717) is 12.0 Å². The molecule has 16 heavy (non-hydrogen) atoms. The first-order valence-corrected chi connectivity index (χ1v) is 6.57. The van der Waals surface area contributed by atoms with E-state index in [1.54, 1.807) is 0 Å².